The van der Waals surface area contributed by atoms with Crippen LogP contribution in [0.3, 0.4) is 0 Å². The Morgan fingerprint density at radius 1 is 1.32 bits per heavy atom. The number of hydrogen-bond acceptors (Lipinski definition) is 7. The van der Waals surface area contributed by atoms with Gasteiger partial charge in [-0.25, -0.2) is 0 Å². The molecule has 0 aromatic carbocycles. The third kappa shape index (κ3) is 3.45. The maximum atomic E-state index is 11.6. The second-order valence-corrected chi connectivity index (χ2v) is 7.41. The van der Waals surface area contributed by atoms with Crippen LogP contribution in [0.4, 0.5) is 10.5 Å². The number of carbonyl (C=O) groups excluding carboxylic acids is 2. The number of pyridine rings is 1. The number of carbonyl (C=O) groups is 2. The normalized spacial score (nSPS) is 15.9. The second-order valence-electron chi connectivity index (χ2n) is 5.36. The zero-order valence-electron chi connectivity index (χ0n) is 12.9. The highest BCUT2D eigenvalue weighted by atomic mass is 32.2. The van der Waals surface area contributed by atoms with Gasteiger partial charge in [0.1, 0.15) is 5.76 Å². The fraction of sp³-hybridized carbons (Fsp3) is 0.118. The molecule has 0 aliphatic carbocycles. The van der Waals surface area contributed by atoms with Crippen LogP contribution in [0.1, 0.15) is 10.6 Å². The Bertz CT molecular complexity index is 976. The Labute approximate surface area is 151 Å². The zero-order valence-corrected chi connectivity index (χ0v) is 14.6. The molecule has 0 spiro atoms. The van der Waals surface area contributed by atoms with Crippen molar-refractivity contribution in [3.63, 3.8) is 0 Å². The molecule has 25 heavy (non-hydrogen) atoms. The number of aromatic nitrogens is 1. The number of anilines is 1. The lowest BCUT2D eigenvalue weighted by Gasteiger charge is -2.05. The summed E-state index contributed by atoms with van der Waals surface area (Å²) in [6.07, 6.45) is 5.92. The summed E-state index contributed by atoms with van der Waals surface area (Å²) in [6, 6.07) is 5.95. The first-order valence-electron chi connectivity index (χ1n) is 7.58. The summed E-state index contributed by atoms with van der Waals surface area (Å²) < 4.78 is 5.85. The smallest absolute Gasteiger partial charge is 0.290 e. The van der Waals surface area contributed by atoms with Crippen molar-refractivity contribution in [2.24, 2.45) is 0 Å². The van der Waals surface area contributed by atoms with E-state index in [0.717, 1.165) is 35.8 Å². The average molecular weight is 371 g/mol. The molecule has 4 heterocycles. The van der Waals surface area contributed by atoms with Crippen molar-refractivity contribution in [2.75, 3.05) is 11.9 Å². The molecule has 2 amide bonds. The zero-order chi connectivity index (χ0) is 17.2. The van der Waals surface area contributed by atoms with Crippen molar-refractivity contribution in [2.45, 2.75) is 6.42 Å². The highest BCUT2D eigenvalue weighted by Gasteiger charge is 2.25. The predicted octanol–water partition coefficient (Wildman–Crippen LogP) is 3.87. The lowest BCUT2D eigenvalue weighted by atomic mass is 10.2. The van der Waals surface area contributed by atoms with E-state index < -0.39 is 5.91 Å². The molecule has 1 saturated heterocycles. The summed E-state index contributed by atoms with van der Waals surface area (Å²) in [5, 5.41) is 8.09. The highest BCUT2D eigenvalue weighted by Crippen LogP contribution is 2.30. The molecule has 4 rings (SSSR count). The van der Waals surface area contributed by atoms with E-state index in [1.807, 2.05) is 6.07 Å². The Balaban J connectivity index is 1.55. The van der Waals surface area contributed by atoms with E-state index >= 15 is 0 Å². The summed E-state index contributed by atoms with van der Waals surface area (Å²) in [5.74, 6) is 0.111. The van der Waals surface area contributed by atoms with Gasteiger partial charge in [-0.1, -0.05) is 6.07 Å². The van der Waals surface area contributed by atoms with Gasteiger partial charge in [0.25, 0.3) is 11.1 Å². The van der Waals surface area contributed by atoms with Gasteiger partial charge >= 0.3 is 0 Å². The Hall–Kier alpha value is -2.58. The molecule has 6 nitrogen and oxygen atoms in total. The van der Waals surface area contributed by atoms with E-state index in [4.69, 9.17) is 4.42 Å². The van der Waals surface area contributed by atoms with Crippen LogP contribution in [-0.2, 0) is 11.2 Å². The quantitative estimate of drug-likeness (QED) is 0.663. The Morgan fingerprint density at radius 2 is 2.24 bits per heavy atom. The van der Waals surface area contributed by atoms with Crippen molar-refractivity contribution in [1.29, 1.82) is 0 Å². The van der Waals surface area contributed by atoms with Gasteiger partial charge in [0, 0.05) is 29.1 Å². The molecule has 0 atom stereocenters. The van der Waals surface area contributed by atoms with Crippen molar-refractivity contribution in [3.05, 3.63) is 51.5 Å². The molecule has 3 aromatic rings. The van der Waals surface area contributed by atoms with E-state index in [2.05, 4.69) is 27.1 Å². The molecule has 1 aliphatic rings. The Kier molecular flexibility index (Phi) is 4.29. The SMILES string of the molecule is O=C1NC(=O)C(=Cc2cc3cncc(NCCc4cccs4)c3o2)S1. The first kappa shape index (κ1) is 15.9. The molecule has 126 valence electrons. The number of nitrogens with zero attached hydrogens (tertiary/aromatic N) is 1. The molecule has 8 heteroatoms. The maximum Gasteiger partial charge on any atom is 0.290 e. The van der Waals surface area contributed by atoms with Crippen molar-refractivity contribution >= 4 is 57.0 Å². The van der Waals surface area contributed by atoms with Gasteiger partial charge in [0.15, 0.2) is 5.58 Å². The number of imide groups is 1. The van der Waals surface area contributed by atoms with E-state index in [1.165, 1.54) is 4.88 Å². The summed E-state index contributed by atoms with van der Waals surface area (Å²) in [6.45, 7) is 0.769. The fourth-order valence-corrected chi connectivity index (χ4v) is 3.88. The number of furan rings is 1. The van der Waals surface area contributed by atoms with Crippen LogP contribution >= 0.6 is 23.1 Å². The lowest BCUT2D eigenvalue weighted by Crippen LogP contribution is -2.17. The number of hydrogen-bond donors (Lipinski definition) is 2. The van der Waals surface area contributed by atoms with Gasteiger partial charge in [0.05, 0.1) is 16.8 Å². The molecular formula is C17H13N3O3S2. The van der Waals surface area contributed by atoms with Crippen molar-refractivity contribution in [1.82, 2.24) is 10.3 Å². The molecule has 0 saturated carbocycles. The van der Waals surface area contributed by atoms with Crippen LogP contribution < -0.4 is 10.6 Å². The molecule has 1 aliphatic heterocycles. The third-order valence-corrected chi connectivity index (χ3v) is 5.37. The molecule has 0 unspecified atom stereocenters. The highest BCUT2D eigenvalue weighted by molar-refractivity contribution is 8.18. The second kappa shape index (κ2) is 6.73. The standard InChI is InChI=1S/C17H13N3O3S2/c21-16-14(25-17(22)20-16)7-11-6-10-8-18-9-13(15(10)23-11)19-4-3-12-2-1-5-24-12/h1-2,5-9,19H,3-4H2,(H,20,21,22). The molecule has 0 bridgehead atoms. The monoisotopic (exact) mass is 371 g/mol. The van der Waals surface area contributed by atoms with Crippen LogP contribution in [0.2, 0.25) is 0 Å². The van der Waals surface area contributed by atoms with Gasteiger partial charge in [-0.05, 0) is 35.7 Å². The topological polar surface area (TPSA) is 84.2 Å². The van der Waals surface area contributed by atoms with Crippen LogP contribution in [0.5, 0.6) is 0 Å². The van der Waals surface area contributed by atoms with E-state index in [-0.39, 0.29) is 5.24 Å². The summed E-state index contributed by atoms with van der Waals surface area (Å²) in [4.78, 5) is 28.7. The number of rotatable bonds is 5. The first-order chi connectivity index (χ1) is 12.2. The summed E-state index contributed by atoms with van der Waals surface area (Å²) in [7, 11) is 0. The van der Waals surface area contributed by atoms with Gasteiger partial charge in [-0.15, -0.1) is 11.3 Å². The minimum Gasteiger partial charge on any atom is -0.454 e. The lowest BCUT2D eigenvalue weighted by molar-refractivity contribution is -0.115. The minimum atomic E-state index is -0.400. The number of fused-ring (bicyclic) bond motifs is 1. The van der Waals surface area contributed by atoms with Crippen LogP contribution in [-0.4, -0.2) is 22.7 Å². The molecule has 2 N–H and O–H groups in total. The number of nitrogens with one attached hydrogen (secondary N) is 2. The predicted molar refractivity (Wildman–Crippen MR) is 99.6 cm³/mol. The number of thioether (sulfide) groups is 1. The van der Waals surface area contributed by atoms with Crippen molar-refractivity contribution < 1.29 is 14.0 Å². The van der Waals surface area contributed by atoms with E-state index in [0.29, 0.717) is 16.2 Å². The molecule has 1 fully saturated rings. The number of amides is 2. The van der Waals surface area contributed by atoms with E-state index in [1.54, 1.807) is 35.9 Å². The average Bonchev–Trinajstić information content (AvgIpc) is 3.29. The molecular weight excluding hydrogens is 358 g/mol. The van der Waals surface area contributed by atoms with Gasteiger partial charge in [-0.2, -0.15) is 0 Å². The van der Waals surface area contributed by atoms with Crippen molar-refractivity contribution in [3.8, 4) is 0 Å². The van der Waals surface area contributed by atoms with Crippen LogP contribution in [0.25, 0.3) is 17.0 Å². The van der Waals surface area contributed by atoms with Gasteiger partial charge < -0.3 is 9.73 Å². The van der Waals surface area contributed by atoms with Crippen LogP contribution in [0.15, 0.2) is 45.3 Å². The third-order valence-electron chi connectivity index (χ3n) is 3.62. The summed E-state index contributed by atoms with van der Waals surface area (Å²) >= 11 is 2.60. The first-order valence-corrected chi connectivity index (χ1v) is 9.27. The molecule has 0 radical (unpaired) electrons. The number of thiophene rings is 1. The van der Waals surface area contributed by atoms with E-state index in [9.17, 15) is 9.59 Å². The van der Waals surface area contributed by atoms with Gasteiger partial charge in [-0.3, -0.25) is 19.9 Å². The van der Waals surface area contributed by atoms with Gasteiger partial charge in [0.2, 0.25) is 0 Å². The van der Waals surface area contributed by atoms with Crippen LogP contribution in [0, 0.1) is 0 Å². The largest absolute Gasteiger partial charge is 0.454 e. The Morgan fingerprint density at radius 3 is 3.00 bits per heavy atom. The molecule has 3 aromatic heterocycles. The minimum absolute atomic E-state index is 0.323. The maximum absolute atomic E-state index is 11.6. The fourth-order valence-electron chi connectivity index (χ4n) is 2.50. The summed E-state index contributed by atoms with van der Waals surface area (Å²) in [5.41, 5.74) is 1.49.